The highest BCUT2D eigenvalue weighted by Gasteiger charge is 2.34. The van der Waals surface area contributed by atoms with Crippen LogP contribution in [0.4, 0.5) is 0 Å². The van der Waals surface area contributed by atoms with Crippen LogP contribution in [0.3, 0.4) is 0 Å². The molecule has 1 saturated heterocycles. The number of aliphatic hydroxyl groups excluding tert-OH is 1. The quantitative estimate of drug-likeness (QED) is 0.760. The van der Waals surface area contributed by atoms with Crippen LogP contribution in [-0.2, 0) is 4.74 Å². The third kappa shape index (κ3) is 5.25. The van der Waals surface area contributed by atoms with Gasteiger partial charge in [0.25, 0.3) is 0 Å². The lowest BCUT2D eigenvalue weighted by atomic mass is 9.80. The van der Waals surface area contributed by atoms with E-state index in [9.17, 15) is 5.11 Å². The Hall–Kier alpha value is -0.120. The van der Waals surface area contributed by atoms with E-state index in [0.717, 1.165) is 45.7 Å². The molecule has 0 atom stereocenters. The van der Waals surface area contributed by atoms with Gasteiger partial charge in [0.05, 0.1) is 6.61 Å². The first-order chi connectivity index (χ1) is 8.47. The Morgan fingerprint density at radius 2 is 1.56 bits per heavy atom. The highest BCUT2D eigenvalue weighted by molar-refractivity contribution is 4.85. The summed E-state index contributed by atoms with van der Waals surface area (Å²) in [5.41, 5.74) is 0.0715. The average Bonchev–Trinajstić information content (AvgIpc) is 2.28. The summed E-state index contributed by atoms with van der Waals surface area (Å²) < 4.78 is 5.44. The van der Waals surface area contributed by atoms with Crippen LogP contribution in [0, 0.1) is 17.3 Å². The molecule has 0 aromatic rings. The van der Waals surface area contributed by atoms with E-state index in [1.807, 2.05) is 0 Å². The van der Waals surface area contributed by atoms with Crippen molar-refractivity contribution in [2.45, 2.75) is 40.5 Å². The van der Waals surface area contributed by atoms with Gasteiger partial charge < -0.3 is 14.7 Å². The molecule has 0 unspecified atom stereocenters. The van der Waals surface area contributed by atoms with Gasteiger partial charge in [-0.1, -0.05) is 27.7 Å². The van der Waals surface area contributed by atoms with E-state index in [1.165, 1.54) is 0 Å². The molecule has 18 heavy (non-hydrogen) atoms. The van der Waals surface area contributed by atoms with Crippen LogP contribution in [0.25, 0.3) is 0 Å². The molecule has 0 aliphatic carbocycles. The van der Waals surface area contributed by atoms with E-state index in [0.29, 0.717) is 18.4 Å². The Bertz CT molecular complexity index is 213. The first-order valence-corrected chi connectivity index (χ1v) is 7.38. The molecular formula is C15H31NO2. The molecule has 1 aliphatic heterocycles. The Morgan fingerprint density at radius 3 is 1.94 bits per heavy atom. The minimum Gasteiger partial charge on any atom is -0.396 e. The third-order valence-corrected chi connectivity index (χ3v) is 3.69. The van der Waals surface area contributed by atoms with Gasteiger partial charge in [0.2, 0.25) is 0 Å². The van der Waals surface area contributed by atoms with Gasteiger partial charge in [-0.15, -0.1) is 0 Å². The van der Waals surface area contributed by atoms with Crippen LogP contribution in [0.1, 0.15) is 40.5 Å². The second kappa shape index (κ2) is 7.46. The van der Waals surface area contributed by atoms with Crippen molar-refractivity contribution in [3.63, 3.8) is 0 Å². The molecule has 1 aliphatic rings. The Balaban J connectivity index is 2.60. The maximum atomic E-state index is 9.78. The summed E-state index contributed by atoms with van der Waals surface area (Å²) in [7, 11) is 0. The normalized spacial score (nSPS) is 20.0. The number of hydrogen-bond acceptors (Lipinski definition) is 3. The SMILES string of the molecule is CC(C)CN(CC(C)C)CC1(CO)CCOCC1. The lowest BCUT2D eigenvalue weighted by Gasteiger charge is -2.40. The highest BCUT2D eigenvalue weighted by atomic mass is 16.5. The summed E-state index contributed by atoms with van der Waals surface area (Å²) >= 11 is 0. The van der Waals surface area contributed by atoms with Crippen LogP contribution < -0.4 is 0 Å². The fraction of sp³-hybridized carbons (Fsp3) is 1.00. The molecule has 0 aromatic carbocycles. The van der Waals surface area contributed by atoms with Crippen molar-refractivity contribution in [1.82, 2.24) is 4.90 Å². The number of nitrogens with zero attached hydrogens (tertiary/aromatic N) is 1. The minimum absolute atomic E-state index is 0.0715. The van der Waals surface area contributed by atoms with E-state index in [4.69, 9.17) is 4.74 Å². The van der Waals surface area contributed by atoms with Crippen LogP contribution in [0.15, 0.2) is 0 Å². The number of rotatable bonds is 7. The summed E-state index contributed by atoms with van der Waals surface area (Å²) in [5.74, 6) is 1.36. The van der Waals surface area contributed by atoms with Gasteiger partial charge in [-0.2, -0.15) is 0 Å². The standard InChI is InChI=1S/C15H31NO2/c1-13(2)9-16(10-14(3)4)11-15(12-17)5-7-18-8-6-15/h13-14,17H,5-12H2,1-4H3. The van der Waals surface area contributed by atoms with E-state index in [2.05, 4.69) is 32.6 Å². The summed E-state index contributed by atoms with van der Waals surface area (Å²) in [6.07, 6.45) is 1.99. The van der Waals surface area contributed by atoms with Crippen molar-refractivity contribution in [2.75, 3.05) is 39.5 Å². The highest BCUT2D eigenvalue weighted by Crippen LogP contribution is 2.31. The lowest BCUT2D eigenvalue weighted by molar-refractivity contribution is -0.0371. The second-order valence-electron chi connectivity index (χ2n) is 6.75. The molecule has 0 aromatic heterocycles. The van der Waals surface area contributed by atoms with Crippen molar-refractivity contribution in [3.05, 3.63) is 0 Å². The maximum Gasteiger partial charge on any atom is 0.0501 e. The zero-order chi connectivity index (χ0) is 13.6. The van der Waals surface area contributed by atoms with Crippen molar-refractivity contribution >= 4 is 0 Å². The molecule has 3 heteroatoms. The van der Waals surface area contributed by atoms with Crippen molar-refractivity contribution in [2.24, 2.45) is 17.3 Å². The lowest BCUT2D eigenvalue weighted by Crippen LogP contribution is -2.46. The molecule has 1 heterocycles. The largest absolute Gasteiger partial charge is 0.396 e. The molecule has 0 saturated carbocycles. The summed E-state index contributed by atoms with van der Waals surface area (Å²) in [6, 6.07) is 0. The molecule has 0 spiro atoms. The molecule has 0 amide bonds. The van der Waals surface area contributed by atoms with Crippen molar-refractivity contribution in [3.8, 4) is 0 Å². The van der Waals surface area contributed by atoms with Crippen LogP contribution in [0.2, 0.25) is 0 Å². The smallest absolute Gasteiger partial charge is 0.0501 e. The van der Waals surface area contributed by atoms with E-state index in [1.54, 1.807) is 0 Å². The number of ether oxygens (including phenoxy) is 1. The van der Waals surface area contributed by atoms with E-state index < -0.39 is 0 Å². The molecule has 1 fully saturated rings. The third-order valence-electron chi connectivity index (χ3n) is 3.69. The number of aliphatic hydroxyl groups is 1. The summed E-state index contributed by atoms with van der Waals surface area (Å²) in [6.45, 7) is 14.2. The van der Waals surface area contributed by atoms with Crippen LogP contribution >= 0.6 is 0 Å². The van der Waals surface area contributed by atoms with Gasteiger partial charge in [0.1, 0.15) is 0 Å². The zero-order valence-corrected chi connectivity index (χ0v) is 12.6. The fourth-order valence-corrected chi connectivity index (χ4v) is 2.88. The monoisotopic (exact) mass is 257 g/mol. The first kappa shape index (κ1) is 15.9. The van der Waals surface area contributed by atoms with E-state index >= 15 is 0 Å². The molecular weight excluding hydrogens is 226 g/mol. The maximum absolute atomic E-state index is 9.78. The molecule has 1 N–H and O–H groups in total. The van der Waals surface area contributed by atoms with Gasteiger partial charge in [-0.05, 0) is 24.7 Å². The zero-order valence-electron chi connectivity index (χ0n) is 12.6. The number of hydrogen-bond donors (Lipinski definition) is 1. The van der Waals surface area contributed by atoms with Crippen LogP contribution in [0.5, 0.6) is 0 Å². The second-order valence-corrected chi connectivity index (χ2v) is 6.75. The molecule has 0 bridgehead atoms. The molecule has 108 valence electrons. The van der Waals surface area contributed by atoms with Crippen LogP contribution in [-0.4, -0.2) is 49.5 Å². The predicted molar refractivity (Wildman–Crippen MR) is 75.7 cm³/mol. The Kier molecular flexibility index (Phi) is 6.61. The Morgan fingerprint density at radius 1 is 1.06 bits per heavy atom. The first-order valence-electron chi connectivity index (χ1n) is 7.38. The molecule has 1 rings (SSSR count). The predicted octanol–water partition coefficient (Wildman–Crippen LogP) is 2.39. The molecule has 3 nitrogen and oxygen atoms in total. The fourth-order valence-electron chi connectivity index (χ4n) is 2.88. The van der Waals surface area contributed by atoms with Gasteiger partial charge in [0.15, 0.2) is 0 Å². The van der Waals surface area contributed by atoms with Gasteiger partial charge >= 0.3 is 0 Å². The van der Waals surface area contributed by atoms with Gasteiger partial charge in [-0.25, -0.2) is 0 Å². The van der Waals surface area contributed by atoms with Gasteiger partial charge in [0, 0.05) is 38.3 Å². The van der Waals surface area contributed by atoms with Crippen molar-refractivity contribution in [1.29, 1.82) is 0 Å². The summed E-state index contributed by atoms with van der Waals surface area (Å²) in [5, 5.41) is 9.78. The topological polar surface area (TPSA) is 32.7 Å². The Labute approximate surface area is 113 Å². The minimum atomic E-state index is 0.0715. The van der Waals surface area contributed by atoms with Crippen molar-refractivity contribution < 1.29 is 9.84 Å². The summed E-state index contributed by atoms with van der Waals surface area (Å²) in [4.78, 5) is 2.54. The molecule has 0 radical (unpaired) electrons. The van der Waals surface area contributed by atoms with E-state index in [-0.39, 0.29) is 5.41 Å². The average molecular weight is 257 g/mol. The van der Waals surface area contributed by atoms with Gasteiger partial charge in [-0.3, -0.25) is 0 Å².